The molecule has 17 heavy (non-hydrogen) atoms. The van der Waals surface area contributed by atoms with Gasteiger partial charge in [-0.05, 0) is 36.8 Å². The Balaban J connectivity index is 0. The third-order valence-corrected chi connectivity index (χ3v) is 2.26. The molecule has 0 bridgehead atoms. The normalized spacial score (nSPS) is 10.6. The lowest BCUT2D eigenvalue weighted by atomic mass is 9.92. The SMILES string of the molecule is C#C.C#C.O=CO.c1ccc2c(c1)CCCC2. The highest BCUT2D eigenvalue weighted by Crippen LogP contribution is 2.19. The molecule has 0 amide bonds. The van der Waals surface area contributed by atoms with E-state index in [9.17, 15) is 0 Å². The standard InChI is InChI=1S/C10H12.2C2H2.CH2O2/c1-2-6-10-8-4-3-7-9(10)5-1;2*1-2;2-1-3/h1-2,5-6H,3-4,7-8H2;2*1-2H;1H,(H,2,3). The Hall–Kier alpha value is -2.19. The summed E-state index contributed by atoms with van der Waals surface area (Å²) in [6, 6.07) is 8.80. The first-order chi connectivity index (χ1) is 8.38. The molecule has 0 saturated heterocycles. The lowest BCUT2D eigenvalue weighted by Crippen LogP contribution is -2.00. The molecule has 0 heterocycles. The van der Waals surface area contributed by atoms with E-state index >= 15 is 0 Å². The van der Waals surface area contributed by atoms with Crippen molar-refractivity contribution in [3.8, 4) is 25.7 Å². The van der Waals surface area contributed by atoms with Gasteiger partial charge in [0, 0.05) is 0 Å². The molecule has 0 aliphatic heterocycles. The topological polar surface area (TPSA) is 37.3 Å². The quantitative estimate of drug-likeness (QED) is 0.549. The van der Waals surface area contributed by atoms with E-state index < -0.39 is 0 Å². The van der Waals surface area contributed by atoms with Crippen LogP contribution in [0.5, 0.6) is 0 Å². The van der Waals surface area contributed by atoms with Gasteiger partial charge < -0.3 is 5.11 Å². The van der Waals surface area contributed by atoms with Crippen LogP contribution in [0.25, 0.3) is 0 Å². The molecule has 0 saturated carbocycles. The van der Waals surface area contributed by atoms with E-state index in [2.05, 4.69) is 50.0 Å². The summed E-state index contributed by atoms with van der Waals surface area (Å²) in [4.78, 5) is 8.36. The van der Waals surface area contributed by atoms with Gasteiger partial charge in [0.2, 0.25) is 0 Å². The first kappa shape index (κ1) is 17.2. The molecule has 90 valence electrons. The summed E-state index contributed by atoms with van der Waals surface area (Å²) >= 11 is 0. The number of terminal acetylenes is 2. The summed E-state index contributed by atoms with van der Waals surface area (Å²) in [5, 5.41) is 6.89. The fourth-order valence-electron chi connectivity index (χ4n) is 1.68. The van der Waals surface area contributed by atoms with Gasteiger partial charge in [0.25, 0.3) is 6.47 Å². The molecule has 0 atom stereocenters. The number of carbonyl (C=O) groups is 1. The molecule has 2 rings (SSSR count). The van der Waals surface area contributed by atoms with Crippen LogP contribution in [0.4, 0.5) is 0 Å². The number of hydrogen-bond donors (Lipinski definition) is 1. The Labute approximate surface area is 104 Å². The third-order valence-electron chi connectivity index (χ3n) is 2.26. The predicted molar refractivity (Wildman–Crippen MR) is 71.6 cm³/mol. The number of benzene rings is 1. The van der Waals surface area contributed by atoms with Crippen LogP contribution >= 0.6 is 0 Å². The van der Waals surface area contributed by atoms with Crippen molar-refractivity contribution in [2.45, 2.75) is 25.7 Å². The summed E-state index contributed by atoms with van der Waals surface area (Å²) < 4.78 is 0. The highest BCUT2D eigenvalue weighted by atomic mass is 16.3. The first-order valence-electron chi connectivity index (χ1n) is 5.20. The van der Waals surface area contributed by atoms with E-state index in [0.717, 1.165) is 0 Å². The lowest BCUT2D eigenvalue weighted by Gasteiger charge is -2.13. The number of hydrogen-bond acceptors (Lipinski definition) is 1. The third kappa shape index (κ3) is 7.71. The summed E-state index contributed by atoms with van der Waals surface area (Å²) in [6.07, 6.45) is 21.4. The first-order valence-corrected chi connectivity index (χ1v) is 5.20. The molecule has 1 aliphatic carbocycles. The van der Waals surface area contributed by atoms with Gasteiger partial charge in [-0.1, -0.05) is 24.3 Å². The smallest absolute Gasteiger partial charge is 0.290 e. The van der Waals surface area contributed by atoms with E-state index in [1.165, 1.54) is 25.7 Å². The zero-order valence-corrected chi connectivity index (χ0v) is 9.88. The van der Waals surface area contributed by atoms with Gasteiger partial charge in [-0.15, -0.1) is 25.7 Å². The second-order valence-electron chi connectivity index (χ2n) is 3.08. The maximum atomic E-state index is 8.36. The van der Waals surface area contributed by atoms with Crippen LogP contribution in [-0.2, 0) is 17.6 Å². The van der Waals surface area contributed by atoms with Crippen LogP contribution in [0.15, 0.2) is 24.3 Å². The van der Waals surface area contributed by atoms with Crippen LogP contribution in [0, 0.1) is 25.7 Å². The van der Waals surface area contributed by atoms with Gasteiger partial charge in [-0.25, -0.2) is 0 Å². The Morgan fingerprint density at radius 3 is 1.53 bits per heavy atom. The lowest BCUT2D eigenvalue weighted by molar-refractivity contribution is -0.122. The van der Waals surface area contributed by atoms with Crippen molar-refractivity contribution >= 4 is 6.47 Å². The average Bonchev–Trinajstić information content (AvgIpc) is 2.44. The maximum Gasteiger partial charge on any atom is 0.290 e. The van der Waals surface area contributed by atoms with Gasteiger partial charge in [0.15, 0.2) is 0 Å². The Kier molecular flexibility index (Phi) is 14.0. The van der Waals surface area contributed by atoms with E-state index in [-0.39, 0.29) is 6.47 Å². The molecule has 0 spiro atoms. The second kappa shape index (κ2) is 13.8. The molecular formula is C15H18O2. The van der Waals surface area contributed by atoms with Crippen LogP contribution in [-0.4, -0.2) is 11.6 Å². The second-order valence-corrected chi connectivity index (χ2v) is 3.08. The van der Waals surface area contributed by atoms with Gasteiger partial charge in [0.1, 0.15) is 0 Å². The molecule has 0 radical (unpaired) electrons. The predicted octanol–water partition coefficient (Wildman–Crippen LogP) is 2.77. The number of carboxylic acid groups (broad SMARTS) is 1. The van der Waals surface area contributed by atoms with Crippen LogP contribution in [0.1, 0.15) is 24.0 Å². The van der Waals surface area contributed by atoms with Gasteiger partial charge in [-0.3, -0.25) is 4.79 Å². The Bertz CT molecular complexity index is 306. The van der Waals surface area contributed by atoms with Crippen molar-refractivity contribution in [3.63, 3.8) is 0 Å². The molecule has 0 aromatic heterocycles. The van der Waals surface area contributed by atoms with Crippen molar-refractivity contribution in [3.05, 3.63) is 35.4 Å². The van der Waals surface area contributed by atoms with E-state index in [4.69, 9.17) is 9.90 Å². The molecule has 0 fully saturated rings. The molecule has 2 nitrogen and oxygen atoms in total. The van der Waals surface area contributed by atoms with Crippen molar-refractivity contribution in [1.29, 1.82) is 0 Å². The maximum absolute atomic E-state index is 8.36. The van der Waals surface area contributed by atoms with E-state index in [0.29, 0.717) is 0 Å². The molecule has 1 aromatic rings. The Morgan fingerprint density at radius 2 is 1.24 bits per heavy atom. The molecule has 1 N–H and O–H groups in total. The summed E-state index contributed by atoms with van der Waals surface area (Å²) in [5.41, 5.74) is 3.16. The van der Waals surface area contributed by atoms with Crippen LogP contribution in [0.2, 0.25) is 0 Å². The largest absolute Gasteiger partial charge is 0.483 e. The van der Waals surface area contributed by atoms with Crippen molar-refractivity contribution in [1.82, 2.24) is 0 Å². The van der Waals surface area contributed by atoms with E-state index in [1.54, 1.807) is 11.1 Å². The van der Waals surface area contributed by atoms with Crippen LogP contribution in [0.3, 0.4) is 0 Å². The summed E-state index contributed by atoms with van der Waals surface area (Å²) in [5.74, 6) is 0. The minimum absolute atomic E-state index is 0.250. The zero-order chi connectivity index (χ0) is 13.5. The number of fused-ring (bicyclic) bond motifs is 1. The van der Waals surface area contributed by atoms with Crippen molar-refractivity contribution in [2.24, 2.45) is 0 Å². The zero-order valence-electron chi connectivity index (χ0n) is 9.88. The fraction of sp³-hybridized carbons (Fsp3) is 0.267. The van der Waals surface area contributed by atoms with Crippen molar-refractivity contribution in [2.75, 3.05) is 0 Å². The highest BCUT2D eigenvalue weighted by Gasteiger charge is 2.05. The summed E-state index contributed by atoms with van der Waals surface area (Å²) in [7, 11) is 0. The van der Waals surface area contributed by atoms with Gasteiger partial charge in [-0.2, -0.15) is 0 Å². The van der Waals surface area contributed by atoms with Gasteiger partial charge in [0.05, 0.1) is 0 Å². The van der Waals surface area contributed by atoms with E-state index in [1.807, 2.05) is 0 Å². The fourth-order valence-corrected chi connectivity index (χ4v) is 1.68. The number of aryl methyl sites for hydroxylation is 2. The minimum atomic E-state index is -0.250. The average molecular weight is 230 g/mol. The molecule has 0 unspecified atom stereocenters. The minimum Gasteiger partial charge on any atom is -0.483 e. The Morgan fingerprint density at radius 1 is 0.941 bits per heavy atom. The van der Waals surface area contributed by atoms with Crippen molar-refractivity contribution < 1.29 is 9.90 Å². The van der Waals surface area contributed by atoms with Gasteiger partial charge >= 0.3 is 0 Å². The molecule has 1 aliphatic rings. The molecule has 1 aromatic carbocycles. The number of rotatable bonds is 0. The highest BCUT2D eigenvalue weighted by molar-refractivity contribution is 5.32. The van der Waals surface area contributed by atoms with Crippen LogP contribution < -0.4 is 0 Å². The molecule has 2 heteroatoms. The monoisotopic (exact) mass is 230 g/mol. The molecular weight excluding hydrogens is 212 g/mol. The summed E-state index contributed by atoms with van der Waals surface area (Å²) in [6.45, 7) is -0.250.